The molecule has 0 bridgehead atoms. The molecule has 5 nitrogen and oxygen atoms in total. The average Bonchev–Trinajstić information content (AvgIpc) is 2.73. The van der Waals surface area contributed by atoms with Gasteiger partial charge < -0.3 is 0 Å². The van der Waals surface area contributed by atoms with Crippen LogP contribution in [0.15, 0.2) is 17.3 Å². The minimum absolute atomic E-state index is 0.202. The quantitative estimate of drug-likeness (QED) is 0.830. The van der Waals surface area contributed by atoms with Crippen LogP contribution in [0.25, 0.3) is 0 Å². The monoisotopic (exact) mass is 254 g/mol. The summed E-state index contributed by atoms with van der Waals surface area (Å²) in [5, 5.41) is 9.54. The molecule has 0 N–H and O–H groups in total. The number of halogens is 1. The SMILES string of the molecule is CC(C)c1nnc(Cn2cncc(F)c2=O)s1. The molecule has 0 radical (unpaired) electrons. The van der Waals surface area contributed by atoms with Crippen LogP contribution in [-0.2, 0) is 6.54 Å². The third kappa shape index (κ3) is 2.55. The van der Waals surface area contributed by atoms with Crippen LogP contribution >= 0.6 is 11.3 Å². The van der Waals surface area contributed by atoms with Crippen LogP contribution in [-0.4, -0.2) is 19.7 Å². The Bertz CT molecular complexity index is 578. The van der Waals surface area contributed by atoms with Crippen molar-refractivity contribution in [3.63, 3.8) is 0 Å². The van der Waals surface area contributed by atoms with Crippen molar-refractivity contribution in [1.82, 2.24) is 19.7 Å². The van der Waals surface area contributed by atoms with Crippen LogP contribution in [0.5, 0.6) is 0 Å². The maximum atomic E-state index is 13.0. The van der Waals surface area contributed by atoms with Crippen molar-refractivity contribution in [3.05, 3.63) is 38.7 Å². The number of aromatic nitrogens is 4. The van der Waals surface area contributed by atoms with Gasteiger partial charge in [0.1, 0.15) is 10.0 Å². The van der Waals surface area contributed by atoms with E-state index in [0.717, 1.165) is 11.2 Å². The molecule has 0 fully saturated rings. The first kappa shape index (κ1) is 11.8. The number of nitrogens with zero attached hydrogens (tertiary/aromatic N) is 4. The highest BCUT2D eigenvalue weighted by atomic mass is 32.1. The summed E-state index contributed by atoms with van der Waals surface area (Å²) in [7, 11) is 0. The molecular weight excluding hydrogens is 243 g/mol. The molecule has 2 aromatic rings. The van der Waals surface area contributed by atoms with Crippen LogP contribution in [0, 0.1) is 5.82 Å². The van der Waals surface area contributed by atoms with Gasteiger partial charge in [0.25, 0.3) is 5.56 Å². The lowest BCUT2D eigenvalue weighted by Gasteiger charge is -2.00. The average molecular weight is 254 g/mol. The van der Waals surface area contributed by atoms with E-state index in [9.17, 15) is 9.18 Å². The largest absolute Gasteiger partial charge is 0.290 e. The molecule has 0 spiro atoms. The number of rotatable bonds is 3. The lowest BCUT2D eigenvalue weighted by atomic mass is 10.2. The van der Waals surface area contributed by atoms with Gasteiger partial charge in [0.2, 0.25) is 5.82 Å². The molecule has 2 rings (SSSR count). The topological polar surface area (TPSA) is 60.7 Å². The van der Waals surface area contributed by atoms with E-state index in [1.807, 2.05) is 13.8 Å². The summed E-state index contributed by atoms with van der Waals surface area (Å²) < 4.78 is 14.2. The summed E-state index contributed by atoms with van der Waals surface area (Å²) in [5.74, 6) is -0.565. The molecule has 2 heterocycles. The zero-order valence-electron chi connectivity index (χ0n) is 9.42. The molecule has 2 aromatic heterocycles. The van der Waals surface area contributed by atoms with Gasteiger partial charge in [-0.2, -0.15) is 4.39 Å². The first-order valence-electron chi connectivity index (χ1n) is 5.10. The fourth-order valence-electron chi connectivity index (χ4n) is 1.25. The Morgan fingerprint density at radius 1 is 1.47 bits per heavy atom. The summed E-state index contributed by atoms with van der Waals surface area (Å²) in [6.45, 7) is 4.23. The van der Waals surface area contributed by atoms with Gasteiger partial charge in [-0.3, -0.25) is 9.36 Å². The highest BCUT2D eigenvalue weighted by molar-refractivity contribution is 7.11. The standard InChI is InChI=1S/C10H11FN4OS/c1-6(2)9-14-13-8(17-9)4-15-5-12-3-7(11)10(15)16/h3,5-6H,4H2,1-2H3. The molecule has 0 aromatic carbocycles. The van der Waals surface area contributed by atoms with E-state index in [4.69, 9.17) is 0 Å². The summed E-state index contributed by atoms with van der Waals surface area (Å²) in [6, 6.07) is 0. The normalized spacial score (nSPS) is 11.1. The molecule has 0 aliphatic carbocycles. The van der Waals surface area contributed by atoms with Crippen molar-refractivity contribution < 1.29 is 4.39 Å². The van der Waals surface area contributed by atoms with E-state index in [-0.39, 0.29) is 6.54 Å². The van der Waals surface area contributed by atoms with Gasteiger partial charge in [-0.25, -0.2) is 4.98 Å². The van der Waals surface area contributed by atoms with E-state index < -0.39 is 11.4 Å². The molecule has 90 valence electrons. The van der Waals surface area contributed by atoms with Gasteiger partial charge in [0, 0.05) is 5.92 Å². The minimum Gasteiger partial charge on any atom is -0.290 e. The predicted molar refractivity (Wildman–Crippen MR) is 61.6 cm³/mol. The zero-order chi connectivity index (χ0) is 12.4. The number of hydrogen-bond acceptors (Lipinski definition) is 5. The molecule has 7 heteroatoms. The predicted octanol–water partition coefficient (Wildman–Crippen LogP) is 1.41. The third-order valence-electron chi connectivity index (χ3n) is 2.14. The Morgan fingerprint density at radius 3 is 2.88 bits per heavy atom. The summed E-state index contributed by atoms with van der Waals surface area (Å²) in [4.78, 5) is 15.0. The van der Waals surface area contributed by atoms with Crippen LogP contribution in [0.3, 0.4) is 0 Å². The van der Waals surface area contributed by atoms with Gasteiger partial charge in [-0.05, 0) is 0 Å². The lowest BCUT2D eigenvalue weighted by Crippen LogP contribution is -2.23. The Morgan fingerprint density at radius 2 is 2.24 bits per heavy atom. The van der Waals surface area contributed by atoms with Crippen LogP contribution in [0.1, 0.15) is 29.8 Å². The fraction of sp³-hybridized carbons (Fsp3) is 0.400. The summed E-state index contributed by atoms with van der Waals surface area (Å²) in [5.41, 5.74) is -0.693. The molecule has 0 saturated carbocycles. The van der Waals surface area contributed by atoms with Crippen LogP contribution < -0.4 is 5.56 Å². The molecule has 0 unspecified atom stereocenters. The molecular formula is C10H11FN4OS. The van der Waals surface area contributed by atoms with E-state index in [2.05, 4.69) is 15.2 Å². The molecule has 0 atom stereocenters. The maximum Gasteiger partial charge on any atom is 0.289 e. The van der Waals surface area contributed by atoms with E-state index in [1.54, 1.807) is 0 Å². The highest BCUT2D eigenvalue weighted by Crippen LogP contribution is 2.19. The molecule has 0 saturated heterocycles. The van der Waals surface area contributed by atoms with Crippen LogP contribution in [0.4, 0.5) is 4.39 Å². The second-order valence-corrected chi connectivity index (χ2v) is 4.96. The van der Waals surface area contributed by atoms with Crippen molar-refractivity contribution in [2.75, 3.05) is 0 Å². The molecule has 17 heavy (non-hydrogen) atoms. The third-order valence-corrected chi connectivity index (χ3v) is 3.35. The van der Waals surface area contributed by atoms with Crippen molar-refractivity contribution in [3.8, 4) is 0 Å². The Labute approximate surface area is 101 Å². The van der Waals surface area contributed by atoms with Crippen molar-refractivity contribution in [2.24, 2.45) is 0 Å². The zero-order valence-corrected chi connectivity index (χ0v) is 10.2. The van der Waals surface area contributed by atoms with Crippen molar-refractivity contribution >= 4 is 11.3 Å². The minimum atomic E-state index is -0.860. The van der Waals surface area contributed by atoms with Gasteiger partial charge >= 0.3 is 0 Å². The van der Waals surface area contributed by atoms with E-state index in [1.165, 1.54) is 22.2 Å². The highest BCUT2D eigenvalue weighted by Gasteiger charge is 2.10. The first-order chi connectivity index (χ1) is 8.08. The lowest BCUT2D eigenvalue weighted by molar-refractivity contribution is 0.566. The van der Waals surface area contributed by atoms with Gasteiger partial charge in [0.05, 0.1) is 19.1 Å². The Hall–Kier alpha value is -1.63. The molecule has 0 amide bonds. The smallest absolute Gasteiger partial charge is 0.289 e. The second kappa shape index (κ2) is 4.70. The molecule has 0 aliphatic heterocycles. The molecule has 0 aliphatic rings. The van der Waals surface area contributed by atoms with Crippen molar-refractivity contribution in [1.29, 1.82) is 0 Å². The van der Waals surface area contributed by atoms with E-state index in [0.29, 0.717) is 10.9 Å². The van der Waals surface area contributed by atoms with Crippen LogP contribution in [0.2, 0.25) is 0 Å². The van der Waals surface area contributed by atoms with Gasteiger partial charge in [0.15, 0.2) is 0 Å². The maximum absolute atomic E-state index is 13.0. The second-order valence-electron chi connectivity index (χ2n) is 3.86. The first-order valence-corrected chi connectivity index (χ1v) is 5.92. The number of hydrogen-bond donors (Lipinski definition) is 0. The summed E-state index contributed by atoms with van der Waals surface area (Å²) in [6.07, 6.45) is 2.19. The Balaban J connectivity index is 2.26. The fourth-order valence-corrected chi connectivity index (χ4v) is 2.09. The van der Waals surface area contributed by atoms with Gasteiger partial charge in [-0.1, -0.05) is 25.2 Å². The Kier molecular flexibility index (Phi) is 3.28. The van der Waals surface area contributed by atoms with Crippen molar-refractivity contribution in [2.45, 2.75) is 26.3 Å². The summed E-state index contributed by atoms with van der Waals surface area (Å²) >= 11 is 1.42. The van der Waals surface area contributed by atoms with E-state index >= 15 is 0 Å². The van der Waals surface area contributed by atoms with Gasteiger partial charge in [-0.15, -0.1) is 10.2 Å².